The Labute approximate surface area is 173 Å². The molecule has 2 fully saturated rings. The zero-order chi connectivity index (χ0) is 19.8. The Hall–Kier alpha value is -1.72. The molecule has 2 aliphatic heterocycles. The normalized spacial score (nSPS) is 28.4. The lowest BCUT2D eigenvalue weighted by Crippen LogP contribution is -2.45. The van der Waals surface area contributed by atoms with Gasteiger partial charge in [-0.05, 0) is 81.4 Å². The molecule has 5 nitrogen and oxygen atoms in total. The summed E-state index contributed by atoms with van der Waals surface area (Å²) in [6.07, 6.45) is 11.1. The van der Waals surface area contributed by atoms with Crippen LogP contribution in [-0.2, 0) is 28.8 Å². The fraction of sp³-hybridized carbons (Fsp3) is 0.667. The number of ether oxygens (including phenoxy) is 1. The highest BCUT2D eigenvalue weighted by molar-refractivity contribution is 5.81. The number of Topliss-reactive ketones (excluding diaryl/α,β-unsaturated/α-hetero) is 1. The van der Waals surface area contributed by atoms with Gasteiger partial charge in [-0.15, -0.1) is 0 Å². The first-order valence-electron chi connectivity index (χ1n) is 11.5. The highest BCUT2D eigenvalue weighted by atomic mass is 16.5. The monoisotopic (exact) mass is 395 g/mol. The fourth-order valence-corrected chi connectivity index (χ4v) is 5.92. The summed E-state index contributed by atoms with van der Waals surface area (Å²) >= 11 is 0. The number of aromatic amines is 1. The summed E-state index contributed by atoms with van der Waals surface area (Å²) in [7, 11) is 0. The molecular weight excluding hydrogens is 362 g/mol. The van der Waals surface area contributed by atoms with E-state index < -0.39 is 0 Å². The average molecular weight is 396 g/mol. The number of fused-ring (bicyclic) bond motifs is 3. The molecule has 5 heteroatoms. The van der Waals surface area contributed by atoms with E-state index in [1.54, 1.807) is 6.92 Å². The molecular formula is C24H33N3O2. The zero-order valence-corrected chi connectivity index (χ0v) is 17.6. The maximum absolute atomic E-state index is 12.0. The predicted molar refractivity (Wildman–Crippen MR) is 113 cm³/mol. The first-order chi connectivity index (χ1) is 14.2. The summed E-state index contributed by atoms with van der Waals surface area (Å²) in [5, 5.41) is 0. The van der Waals surface area contributed by atoms with Gasteiger partial charge in [0.15, 0.2) is 0 Å². The molecule has 3 aliphatic carbocycles. The van der Waals surface area contributed by atoms with Gasteiger partial charge in [0, 0.05) is 36.3 Å². The number of nitrogens with zero attached hydrogens (tertiary/aromatic N) is 2. The van der Waals surface area contributed by atoms with E-state index in [2.05, 4.69) is 20.9 Å². The molecule has 1 atom stereocenters. The van der Waals surface area contributed by atoms with E-state index >= 15 is 0 Å². The van der Waals surface area contributed by atoms with Crippen LogP contribution in [0.4, 0.5) is 0 Å². The summed E-state index contributed by atoms with van der Waals surface area (Å²) in [4.78, 5) is 22.8. The van der Waals surface area contributed by atoms with Crippen LogP contribution in [0.3, 0.4) is 0 Å². The van der Waals surface area contributed by atoms with Crippen LogP contribution in [0.5, 0.6) is 0 Å². The minimum Gasteiger partial charge on any atom is -0.379 e. The lowest BCUT2D eigenvalue weighted by molar-refractivity contribution is -0.121. The summed E-state index contributed by atoms with van der Waals surface area (Å²) in [6.45, 7) is 5.75. The van der Waals surface area contributed by atoms with Crippen LogP contribution in [0.15, 0.2) is 12.4 Å². The Kier molecular flexibility index (Phi) is 5.44. The highest BCUT2D eigenvalue weighted by Crippen LogP contribution is 2.40. The molecule has 0 aromatic carbocycles. The average Bonchev–Trinajstić information content (AvgIpc) is 3.13. The van der Waals surface area contributed by atoms with Crippen molar-refractivity contribution in [2.24, 2.45) is 11.8 Å². The number of rotatable bonds is 4. The molecule has 1 saturated heterocycles. The van der Waals surface area contributed by atoms with Gasteiger partial charge in [-0.1, -0.05) is 0 Å². The SMILES string of the molecule is CC(=O)[C@H]1CCc2cc3nc[nH]c(CC4CCC(N5CCOCC5)CC4)c-3c2C1. The topological polar surface area (TPSA) is 58.2 Å². The van der Waals surface area contributed by atoms with Crippen LogP contribution in [0.1, 0.15) is 55.8 Å². The number of hydrogen-bond donors (Lipinski definition) is 1. The van der Waals surface area contributed by atoms with Crippen molar-refractivity contribution in [3.05, 3.63) is 29.2 Å². The van der Waals surface area contributed by atoms with Crippen LogP contribution in [0.25, 0.3) is 11.3 Å². The Morgan fingerprint density at radius 1 is 1.21 bits per heavy atom. The first kappa shape index (κ1) is 19.3. The van der Waals surface area contributed by atoms with Crippen LogP contribution in [-0.4, -0.2) is 53.0 Å². The standard InChI is InChI=1S/C24H33N3O2/c1-16(28)18-4-5-19-14-23-24(21(19)13-18)22(25-15-26-23)12-17-2-6-20(7-3-17)27-8-10-29-11-9-27/h14-15,17-18,20H,2-13H2,1H3,(H,25,26)/t17?,18-,20?/m0/s1. The molecule has 29 heavy (non-hydrogen) atoms. The quantitative estimate of drug-likeness (QED) is 0.859. The van der Waals surface area contributed by atoms with E-state index in [0.717, 1.165) is 69.6 Å². The van der Waals surface area contributed by atoms with Gasteiger partial charge >= 0.3 is 0 Å². The van der Waals surface area contributed by atoms with Gasteiger partial charge in [-0.25, -0.2) is 4.98 Å². The smallest absolute Gasteiger partial charge is 0.133 e. The van der Waals surface area contributed by atoms with Gasteiger partial charge in [-0.3, -0.25) is 9.69 Å². The van der Waals surface area contributed by atoms with E-state index in [4.69, 9.17) is 4.74 Å². The van der Waals surface area contributed by atoms with Gasteiger partial charge in [0.1, 0.15) is 5.78 Å². The number of nitrogens with one attached hydrogen (secondary N) is 1. The van der Waals surface area contributed by atoms with E-state index in [9.17, 15) is 4.79 Å². The minimum absolute atomic E-state index is 0.185. The maximum atomic E-state index is 12.0. The molecule has 0 unspecified atom stereocenters. The lowest BCUT2D eigenvalue weighted by Gasteiger charge is -2.38. The van der Waals surface area contributed by atoms with Crippen molar-refractivity contribution in [2.75, 3.05) is 26.3 Å². The third kappa shape index (κ3) is 3.87. The molecule has 5 aliphatic rings. The largest absolute Gasteiger partial charge is 0.379 e. The molecule has 1 N–H and O–H groups in total. The second-order valence-electron chi connectivity index (χ2n) is 9.37. The summed E-state index contributed by atoms with van der Waals surface area (Å²) in [6, 6.07) is 3.02. The van der Waals surface area contributed by atoms with Gasteiger partial charge in [0.25, 0.3) is 0 Å². The van der Waals surface area contributed by atoms with Crippen LogP contribution in [0, 0.1) is 11.8 Å². The van der Waals surface area contributed by atoms with E-state index in [1.807, 2.05) is 6.33 Å². The third-order valence-electron chi connectivity index (χ3n) is 7.66. The molecule has 0 spiro atoms. The molecule has 0 amide bonds. The minimum atomic E-state index is 0.185. The van der Waals surface area contributed by atoms with E-state index in [-0.39, 0.29) is 5.92 Å². The van der Waals surface area contributed by atoms with Crippen LogP contribution in [0.2, 0.25) is 0 Å². The van der Waals surface area contributed by atoms with Crippen molar-refractivity contribution < 1.29 is 9.53 Å². The van der Waals surface area contributed by atoms with Crippen molar-refractivity contribution in [1.82, 2.24) is 14.9 Å². The van der Waals surface area contributed by atoms with Crippen molar-refractivity contribution in [1.29, 1.82) is 0 Å². The van der Waals surface area contributed by atoms with Crippen LogP contribution < -0.4 is 0 Å². The molecule has 1 saturated carbocycles. The lowest BCUT2D eigenvalue weighted by atomic mass is 9.80. The summed E-state index contributed by atoms with van der Waals surface area (Å²) in [5.74, 6) is 1.26. The maximum Gasteiger partial charge on any atom is 0.133 e. The molecule has 2 heterocycles. The third-order valence-corrected chi connectivity index (χ3v) is 7.66. The zero-order valence-electron chi connectivity index (χ0n) is 17.6. The molecule has 0 aromatic rings. The van der Waals surface area contributed by atoms with E-state index in [0.29, 0.717) is 5.78 Å². The first-order valence-corrected chi connectivity index (χ1v) is 11.5. The Morgan fingerprint density at radius 3 is 2.76 bits per heavy atom. The summed E-state index contributed by atoms with van der Waals surface area (Å²) in [5.41, 5.74) is 6.60. The number of aromatic nitrogens is 2. The predicted octanol–water partition coefficient (Wildman–Crippen LogP) is 3.64. The van der Waals surface area contributed by atoms with Crippen molar-refractivity contribution in [2.45, 2.75) is 64.3 Å². The Morgan fingerprint density at radius 2 is 2.00 bits per heavy atom. The van der Waals surface area contributed by atoms with Gasteiger partial charge in [0.2, 0.25) is 0 Å². The second-order valence-corrected chi connectivity index (χ2v) is 9.37. The molecule has 0 bridgehead atoms. The number of ketones is 1. The van der Waals surface area contributed by atoms with Gasteiger partial charge in [-0.2, -0.15) is 0 Å². The molecule has 156 valence electrons. The Balaban J connectivity index is 1.30. The number of carbonyl (C=O) groups excluding carboxylic acids is 1. The summed E-state index contributed by atoms with van der Waals surface area (Å²) < 4.78 is 5.52. The van der Waals surface area contributed by atoms with Crippen LogP contribution >= 0.6 is 0 Å². The van der Waals surface area contributed by atoms with Gasteiger partial charge in [0.05, 0.1) is 25.2 Å². The molecule has 0 radical (unpaired) electrons. The molecule has 5 rings (SSSR count). The number of morpholine rings is 1. The van der Waals surface area contributed by atoms with Gasteiger partial charge < -0.3 is 9.72 Å². The number of aryl methyl sites for hydroxylation is 1. The number of H-pyrrole nitrogens is 1. The Bertz CT molecular complexity index is 831. The number of carbonyl (C=O) groups is 1. The number of hydrogen-bond acceptors (Lipinski definition) is 4. The van der Waals surface area contributed by atoms with Crippen molar-refractivity contribution in [3.63, 3.8) is 0 Å². The second kappa shape index (κ2) is 8.19. The molecule has 0 aromatic heterocycles. The van der Waals surface area contributed by atoms with Crippen molar-refractivity contribution in [3.8, 4) is 11.3 Å². The van der Waals surface area contributed by atoms with Crippen molar-refractivity contribution >= 4 is 5.78 Å². The fourth-order valence-electron chi connectivity index (χ4n) is 5.92. The van der Waals surface area contributed by atoms with E-state index in [1.165, 1.54) is 48.1 Å². The highest BCUT2D eigenvalue weighted by Gasteiger charge is 2.31.